The van der Waals surface area contributed by atoms with Crippen LogP contribution in [0.3, 0.4) is 0 Å². The number of nitrogens with zero attached hydrogens (tertiary/aromatic N) is 3. The molecule has 233 valence electrons. The molecule has 0 N–H and O–H groups in total. The summed E-state index contributed by atoms with van der Waals surface area (Å²) in [5.41, 5.74) is 4.80. The van der Waals surface area contributed by atoms with Gasteiger partial charge < -0.3 is 4.98 Å². The van der Waals surface area contributed by atoms with Gasteiger partial charge in [0.25, 0.3) is 0 Å². The molecule has 2 aliphatic rings. The van der Waals surface area contributed by atoms with Gasteiger partial charge in [-0.2, -0.15) is 24.3 Å². The zero-order valence-electron chi connectivity index (χ0n) is 31.6. The Morgan fingerprint density at radius 3 is 2.36 bits per heavy atom. The summed E-state index contributed by atoms with van der Waals surface area (Å²) in [4.78, 5) is 12.6. The van der Waals surface area contributed by atoms with E-state index in [9.17, 15) is 0 Å². The summed E-state index contributed by atoms with van der Waals surface area (Å²) in [6, 6.07) is 20.6. The number of aryl methyl sites for hydroxylation is 1. The van der Waals surface area contributed by atoms with Gasteiger partial charge in [-0.25, -0.2) is 11.3 Å². The van der Waals surface area contributed by atoms with Crippen molar-refractivity contribution in [2.45, 2.75) is 83.0 Å². The van der Waals surface area contributed by atoms with Crippen LogP contribution in [0.2, 0.25) is 0 Å². The first-order valence-electron chi connectivity index (χ1n) is 18.7. The van der Waals surface area contributed by atoms with E-state index in [1.54, 1.807) is 0 Å². The van der Waals surface area contributed by atoms with Crippen molar-refractivity contribution < 1.29 is 28.3 Å². The van der Waals surface area contributed by atoms with Crippen LogP contribution in [0.1, 0.15) is 101 Å². The van der Waals surface area contributed by atoms with Gasteiger partial charge in [0, 0.05) is 55.5 Å². The molecule has 2 fully saturated rings. The van der Waals surface area contributed by atoms with Crippen LogP contribution < -0.4 is 0 Å². The van der Waals surface area contributed by atoms with Crippen molar-refractivity contribution in [1.82, 2.24) is 15.0 Å². The van der Waals surface area contributed by atoms with E-state index in [2.05, 4.69) is 40.3 Å². The van der Waals surface area contributed by atoms with Crippen LogP contribution in [0, 0.1) is 19.1 Å². The Morgan fingerprint density at radius 1 is 0.800 bits per heavy atom. The van der Waals surface area contributed by atoms with Crippen molar-refractivity contribution in [3.8, 4) is 11.3 Å². The number of benzene rings is 2. The van der Waals surface area contributed by atoms with Gasteiger partial charge in [0.1, 0.15) is 0 Å². The minimum Gasteiger partial charge on any atom is -0.304 e. The average molecular weight is 794 g/mol. The molecule has 8 rings (SSSR count). The molecule has 45 heavy (non-hydrogen) atoms. The second-order valence-corrected chi connectivity index (χ2v) is 12.7. The van der Waals surface area contributed by atoms with Gasteiger partial charge in [0.05, 0.1) is 13.9 Å². The SMILES string of the molecule is [2H]c1c(C2CCCCC2)cnc(-c2[c-]cc(C)cc2)c1[2H].[2H]c1cnc([2H])c([2H])c1[2H].[Ir].[c-]1ccc2c(c1)sc1ccnc(C3CCCCC3)c12. The molecule has 0 atom stereocenters. The van der Waals surface area contributed by atoms with Crippen LogP contribution in [0.25, 0.3) is 31.4 Å². The number of rotatable bonds is 3. The molecule has 3 nitrogen and oxygen atoms in total. The Kier molecular flexibility index (Phi) is 9.72. The maximum absolute atomic E-state index is 8.32. The van der Waals surface area contributed by atoms with Crippen LogP contribution in [0.15, 0.2) is 97.4 Å². The smallest absolute Gasteiger partial charge is 0.0840 e. The summed E-state index contributed by atoms with van der Waals surface area (Å²) in [5, 5.41) is 2.77. The fourth-order valence-electron chi connectivity index (χ4n) is 6.26. The Bertz CT molecular complexity index is 2050. The normalized spacial score (nSPS) is 17.2. The molecular formula is C40H41IrN3S-2. The molecular weight excluding hydrogens is 747 g/mol. The number of pyridine rings is 3. The third-order valence-electron chi connectivity index (χ3n) is 8.56. The maximum atomic E-state index is 8.32. The summed E-state index contributed by atoms with van der Waals surface area (Å²) in [6.45, 7) is 2.01. The van der Waals surface area contributed by atoms with Crippen molar-refractivity contribution >= 4 is 31.5 Å². The minimum atomic E-state index is -0.285. The molecule has 6 aromatic rings. The zero-order valence-corrected chi connectivity index (χ0v) is 28.8. The van der Waals surface area contributed by atoms with E-state index in [-0.39, 0.29) is 50.4 Å². The van der Waals surface area contributed by atoms with E-state index < -0.39 is 0 Å². The molecule has 1 radical (unpaired) electrons. The summed E-state index contributed by atoms with van der Waals surface area (Å²) < 4.78 is 47.4. The number of thiophene rings is 1. The van der Waals surface area contributed by atoms with E-state index in [0.717, 1.165) is 35.7 Å². The number of hydrogen-bond donors (Lipinski definition) is 0. The molecule has 5 heteroatoms. The van der Waals surface area contributed by atoms with E-state index in [1.807, 2.05) is 54.9 Å². The van der Waals surface area contributed by atoms with Gasteiger partial charge in [0.2, 0.25) is 0 Å². The zero-order chi connectivity index (χ0) is 35.2. The monoisotopic (exact) mass is 794 g/mol. The first kappa shape index (κ1) is 25.9. The van der Waals surface area contributed by atoms with Gasteiger partial charge >= 0.3 is 0 Å². The third kappa shape index (κ3) is 8.73. The Hall–Kier alpha value is -3.24. The molecule has 0 saturated heterocycles. The first-order chi connectivity index (χ1) is 24.2. The van der Waals surface area contributed by atoms with E-state index in [4.69, 9.17) is 13.2 Å². The molecule has 0 aliphatic heterocycles. The van der Waals surface area contributed by atoms with Crippen molar-refractivity contribution in [2.75, 3.05) is 0 Å². The molecule has 2 aromatic carbocycles. The quantitative estimate of drug-likeness (QED) is 0.168. The van der Waals surface area contributed by atoms with E-state index in [0.29, 0.717) is 23.6 Å². The second kappa shape index (κ2) is 16.9. The van der Waals surface area contributed by atoms with Gasteiger partial charge in [0.15, 0.2) is 0 Å². The summed E-state index contributed by atoms with van der Waals surface area (Å²) in [5.74, 6) is 1.08. The van der Waals surface area contributed by atoms with Gasteiger partial charge in [-0.3, -0.25) is 9.97 Å². The van der Waals surface area contributed by atoms with Gasteiger partial charge in [-0.05, 0) is 66.4 Å². The minimum absolute atomic E-state index is 0. The van der Waals surface area contributed by atoms with Gasteiger partial charge in [-0.15, -0.1) is 40.8 Å². The van der Waals surface area contributed by atoms with Crippen molar-refractivity contribution in [1.29, 1.82) is 0 Å². The molecule has 0 unspecified atom stereocenters. The van der Waals surface area contributed by atoms with Crippen molar-refractivity contribution in [2.24, 2.45) is 0 Å². The number of hydrogen-bond acceptors (Lipinski definition) is 4. The largest absolute Gasteiger partial charge is 0.304 e. The Balaban J connectivity index is 0.000000156. The molecule has 2 aliphatic carbocycles. The van der Waals surface area contributed by atoms with Crippen LogP contribution in [0.4, 0.5) is 0 Å². The molecule has 0 bridgehead atoms. The number of aromatic nitrogens is 3. The molecule has 4 heterocycles. The third-order valence-corrected chi connectivity index (χ3v) is 9.68. The van der Waals surface area contributed by atoms with Gasteiger partial charge in [-0.1, -0.05) is 68.3 Å². The predicted molar refractivity (Wildman–Crippen MR) is 185 cm³/mol. The summed E-state index contributed by atoms with van der Waals surface area (Å²) >= 11 is 1.87. The summed E-state index contributed by atoms with van der Waals surface area (Å²) in [6.07, 6.45) is 17.4. The molecule has 2 saturated carbocycles. The summed E-state index contributed by atoms with van der Waals surface area (Å²) in [7, 11) is 0. The maximum Gasteiger partial charge on any atom is 0.0840 e. The van der Waals surface area contributed by atoms with Crippen LogP contribution >= 0.6 is 11.3 Å². The Labute approximate surface area is 294 Å². The van der Waals surface area contributed by atoms with Crippen LogP contribution in [0.5, 0.6) is 0 Å². The first-order valence-corrected chi connectivity index (χ1v) is 16.6. The molecule has 0 amide bonds. The van der Waals surface area contributed by atoms with E-state index >= 15 is 0 Å². The van der Waals surface area contributed by atoms with Crippen LogP contribution in [-0.4, -0.2) is 15.0 Å². The standard InChI is InChI=1S/C18H20N.C17H16NS.C5H5N.Ir/c1-14-7-9-16(10-8-14)18-12-11-17(13-19-18)15-5-3-2-4-6-15;1-2-6-12(7-3-1)17-16-13-8-4-5-9-14(13)19-15(16)10-11-18-17;1-2-4-6-5-3-1;/h7-9,11-13,15H,2-6H2,1H3;4,8-12H,1-3,6-7H2;1-5H;/q2*-1;;/i11D,12D;;1D,2D,3D,4D;. The van der Waals surface area contributed by atoms with E-state index in [1.165, 1.54) is 77.2 Å². The fourth-order valence-corrected chi connectivity index (χ4v) is 7.35. The fraction of sp³-hybridized carbons (Fsp3) is 0.325. The molecule has 0 spiro atoms. The topological polar surface area (TPSA) is 38.7 Å². The number of fused-ring (bicyclic) bond motifs is 3. The van der Waals surface area contributed by atoms with Crippen LogP contribution in [-0.2, 0) is 20.1 Å². The van der Waals surface area contributed by atoms with Crippen molar-refractivity contribution in [3.63, 3.8) is 0 Å². The second-order valence-electron chi connectivity index (χ2n) is 11.6. The molecule has 4 aromatic heterocycles. The van der Waals surface area contributed by atoms with Crippen molar-refractivity contribution in [3.05, 3.63) is 126 Å². The predicted octanol–water partition coefficient (Wildman–Crippen LogP) is 11.3. The average Bonchev–Trinajstić information content (AvgIpc) is 3.54. The Morgan fingerprint density at radius 2 is 1.60 bits per heavy atom.